The molecule has 1 rings (SSSR count). The topological polar surface area (TPSA) is 44.0 Å². The molecule has 0 unspecified atom stereocenters. The van der Waals surface area contributed by atoms with Crippen LogP contribution in [0.3, 0.4) is 0 Å². The Balaban J connectivity index is 3.33. The van der Waals surface area contributed by atoms with Crippen molar-refractivity contribution in [2.24, 2.45) is 0 Å². The minimum Gasteiger partial charge on any atom is -0.508 e. The maximum absolute atomic E-state index is 9.57. The van der Waals surface area contributed by atoms with Crippen LogP contribution in [-0.2, 0) is 0 Å². The monoisotopic (exact) mass is 175 g/mol. The average Bonchev–Trinajstić information content (AvgIpc) is 2.03. The van der Waals surface area contributed by atoms with Crippen LogP contribution in [0.2, 0.25) is 0 Å². The summed E-state index contributed by atoms with van der Waals surface area (Å²) in [5, 5.41) is 18.4. The van der Waals surface area contributed by atoms with E-state index in [4.69, 9.17) is 5.26 Å². The lowest BCUT2D eigenvalue weighted by Crippen LogP contribution is -1.92. The van der Waals surface area contributed by atoms with Gasteiger partial charge in [-0.05, 0) is 36.1 Å². The van der Waals surface area contributed by atoms with E-state index in [1.165, 1.54) is 0 Å². The first kappa shape index (κ1) is 9.60. The third kappa shape index (κ3) is 1.81. The molecule has 0 amide bonds. The Morgan fingerprint density at radius 3 is 2.46 bits per heavy atom. The van der Waals surface area contributed by atoms with Crippen LogP contribution in [0.15, 0.2) is 12.1 Å². The molecule has 1 aromatic rings. The summed E-state index contributed by atoms with van der Waals surface area (Å²) in [5.74, 6) is 0.527. The van der Waals surface area contributed by atoms with Gasteiger partial charge in [0.05, 0.1) is 11.6 Å². The lowest BCUT2D eigenvalue weighted by Gasteiger charge is -2.09. The van der Waals surface area contributed by atoms with Gasteiger partial charge in [-0.25, -0.2) is 0 Å². The second kappa shape index (κ2) is 3.49. The normalized spacial score (nSPS) is 10.1. The Hall–Kier alpha value is -1.49. The Labute approximate surface area is 78.4 Å². The first-order valence-corrected chi connectivity index (χ1v) is 4.30. The Morgan fingerprint density at radius 1 is 1.38 bits per heavy atom. The summed E-state index contributed by atoms with van der Waals surface area (Å²) in [6.07, 6.45) is 0. The van der Waals surface area contributed by atoms with Crippen LogP contribution in [0.1, 0.15) is 36.5 Å². The zero-order chi connectivity index (χ0) is 10.0. The summed E-state index contributed by atoms with van der Waals surface area (Å²) >= 11 is 0. The standard InChI is InChI=1S/C11H13NO/c1-7(2)10-5-9(6-12)8(3)4-11(10)13/h4-5,7,13H,1-3H3. The summed E-state index contributed by atoms with van der Waals surface area (Å²) in [5.41, 5.74) is 2.30. The summed E-state index contributed by atoms with van der Waals surface area (Å²) in [4.78, 5) is 0. The van der Waals surface area contributed by atoms with Crippen molar-refractivity contribution in [3.8, 4) is 11.8 Å². The van der Waals surface area contributed by atoms with Crippen LogP contribution in [0, 0.1) is 18.3 Å². The summed E-state index contributed by atoms with van der Waals surface area (Å²) in [6, 6.07) is 5.51. The van der Waals surface area contributed by atoms with Gasteiger partial charge >= 0.3 is 0 Å². The van der Waals surface area contributed by atoms with E-state index in [2.05, 4.69) is 6.07 Å². The average molecular weight is 175 g/mol. The highest BCUT2D eigenvalue weighted by molar-refractivity contribution is 5.47. The molecule has 0 saturated heterocycles. The number of phenols is 1. The van der Waals surface area contributed by atoms with Gasteiger partial charge in [0.2, 0.25) is 0 Å². The maximum atomic E-state index is 9.57. The number of benzene rings is 1. The smallest absolute Gasteiger partial charge is 0.119 e. The molecule has 68 valence electrons. The van der Waals surface area contributed by atoms with Gasteiger partial charge in [0.1, 0.15) is 5.75 Å². The summed E-state index contributed by atoms with van der Waals surface area (Å²) in [7, 11) is 0. The zero-order valence-corrected chi connectivity index (χ0v) is 8.13. The highest BCUT2D eigenvalue weighted by Crippen LogP contribution is 2.28. The number of nitrogens with zero attached hydrogens (tertiary/aromatic N) is 1. The van der Waals surface area contributed by atoms with Gasteiger partial charge in [0, 0.05) is 0 Å². The maximum Gasteiger partial charge on any atom is 0.119 e. The first-order valence-electron chi connectivity index (χ1n) is 4.30. The molecule has 0 aromatic heterocycles. The summed E-state index contributed by atoms with van der Waals surface area (Å²) < 4.78 is 0. The van der Waals surface area contributed by atoms with E-state index in [0.29, 0.717) is 5.56 Å². The fourth-order valence-corrected chi connectivity index (χ4v) is 1.29. The van der Waals surface area contributed by atoms with Crippen LogP contribution in [0.5, 0.6) is 5.75 Å². The molecule has 0 saturated carbocycles. The molecule has 0 aliphatic rings. The van der Waals surface area contributed by atoms with E-state index in [-0.39, 0.29) is 11.7 Å². The molecule has 0 heterocycles. The van der Waals surface area contributed by atoms with Gasteiger partial charge in [-0.3, -0.25) is 0 Å². The third-order valence-corrected chi connectivity index (χ3v) is 2.12. The minimum absolute atomic E-state index is 0.243. The molecule has 0 spiro atoms. The summed E-state index contributed by atoms with van der Waals surface area (Å²) in [6.45, 7) is 5.81. The quantitative estimate of drug-likeness (QED) is 0.713. The van der Waals surface area contributed by atoms with Crippen molar-refractivity contribution in [3.05, 3.63) is 28.8 Å². The highest BCUT2D eigenvalue weighted by atomic mass is 16.3. The predicted octanol–water partition coefficient (Wildman–Crippen LogP) is 2.70. The number of rotatable bonds is 1. The third-order valence-electron chi connectivity index (χ3n) is 2.12. The van der Waals surface area contributed by atoms with Gasteiger partial charge in [-0.15, -0.1) is 0 Å². The first-order chi connectivity index (χ1) is 6.06. The van der Waals surface area contributed by atoms with Crippen LogP contribution >= 0.6 is 0 Å². The largest absolute Gasteiger partial charge is 0.508 e. The van der Waals surface area contributed by atoms with E-state index < -0.39 is 0 Å². The van der Waals surface area contributed by atoms with E-state index in [0.717, 1.165) is 11.1 Å². The Kier molecular flexibility index (Phi) is 2.57. The molecule has 0 fully saturated rings. The predicted molar refractivity (Wildman–Crippen MR) is 51.6 cm³/mol. The molecule has 1 N–H and O–H groups in total. The molecule has 0 radical (unpaired) electrons. The van der Waals surface area contributed by atoms with E-state index >= 15 is 0 Å². The lowest BCUT2D eigenvalue weighted by atomic mass is 9.97. The molecule has 2 heteroatoms. The van der Waals surface area contributed by atoms with Crippen molar-refractivity contribution in [1.29, 1.82) is 5.26 Å². The number of hydrogen-bond donors (Lipinski definition) is 1. The molecular weight excluding hydrogens is 162 g/mol. The van der Waals surface area contributed by atoms with Crippen molar-refractivity contribution < 1.29 is 5.11 Å². The Morgan fingerprint density at radius 2 is 2.00 bits per heavy atom. The molecule has 0 aliphatic heterocycles. The van der Waals surface area contributed by atoms with Crippen molar-refractivity contribution in [2.45, 2.75) is 26.7 Å². The second-order valence-corrected chi connectivity index (χ2v) is 3.49. The number of aromatic hydroxyl groups is 1. The van der Waals surface area contributed by atoms with Gasteiger partial charge in [0.25, 0.3) is 0 Å². The van der Waals surface area contributed by atoms with E-state index in [9.17, 15) is 5.11 Å². The number of hydrogen-bond acceptors (Lipinski definition) is 2. The van der Waals surface area contributed by atoms with Crippen LogP contribution in [0.4, 0.5) is 0 Å². The molecule has 1 aromatic carbocycles. The number of nitriles is 1. The van der Waals surface area contributed by atoms with Crippen molar-refractivity contribution in [1.82, 2.24) is 0 Å². The van der Waals surface area contributed by atoms with Gasteiger partial charge in [-0.2, -0.15) is 5.26 Å². The zero-order valence-electron chi connectivity index (χ0n) is 8.13. The van der Waals surface area contributed by atoms with Crippen molar-refractivity contribution >= 4 is 0 Å². The molecule has 2 nitrogen and oxygen atoms in total. The van der Waals surface area contributed by atoms with E-state index in [1.54, 1.807) is 12.1 Å². The fraction of sp³-hybridized carbons (Fsp3) is 0.364. The number of aryl methyl sites for hydroxylation is 1. The molecule has 0 aliphatic carbocycles. The molecular formula is C11H13NO. The fourth-order valence-electron chi connectivity index (χ4n) is 1.29. The lowest BCUT2D eigenvalue weighted by molar-refractivity contribution is 0.464. The van der Waals surface area contributed by atoms with Crippen molar-refractivity contribution in [2.75, 3.05) is 0 Å². The van der Waals surface area contributed by atoms with Crippen LogP contribution in [-0.4, -0.2) is 5.11 Å². The van der Waals surface area contributed by atoms with Crippen LogP contribution in [0.25, 0.3) is 0 Å². The Bertz CT molecular complexity index is 361. The SMILES string of the molecule is Cc1cc(O)c(C(C)C)cc1C#N. The molecule has 0 atom stereocenters. The van der Waals surface area contributed by atoms with E-state index in [1.807, 2.05) is 20.8 Å². The molecule has 0 bridgehead atoms. The second-order valence-electron chi connectivity index (χ2n) is 3.49. The van der Waals surface area contributed by atoms with Crippen LogP contribution < -0.4 is 0 Å². The van der Waals surface area contributed by atoms with Crippen molar-refractivity contribution in [3.63, 3.8) is 0 Å². The van der Waals surface area contributed by atoms with Gasteiger partial charge < -0.3 is 5.11 Å². The minimum atomic E-state index is 0.243. The number of phenolic OH excluding ortho intramolecular Hbond substituents is 1. The van der Waals surface area contributed by atoms with Gasteiger partial charge in [0.15, 0.2) is 0 Å². The molecule has 13 heavy (non-hydrogen) atoms. The van der Waals surface area contributed by atoms with Gasteiger partial charge in [-0.1, -0.05) is 13.8 Å². The highest BCUT2D eigenvalue weighted by Gasteiger charge is 2.08.